The van der Waals surface area contributed by atoms with Crippen molar-refractivity contribution in [3.8, 4) is 17.2 Å². The average molecular weight is 359 g/mol. The summed E-state index contributed by atoms with van der Waals surface area (Å²) in [6.45, 7) is 5.44. The Labute approximate surface area is 150 Å². The molecule has 0 saturated heterocycles. The Morgan fingerprint density at radius 1 is 1.04 bits per heavy atom. The van der Waals surface area contributed by atoms with Crippen LogP contribution in [0.5, 0.6) is 17.2 Å². The minimum atomic E-state index is -1.38. The van der Waals surface area contributed by atoms with E-state index in [-0.39, 0.29) is 12.2 Å². The summed E-state index contributed by atoms with van der Waals surface area (Å²) in [7, 11) is 0. The van der Waals surface area contributed by atoms with E-state index in [1.165, 1.54) is 0 Å². The van der Waals surface area contributed by atoms with E-state index >= 15 is 0 Å². The van der Waals surface area contributed by atoms with Crippen LogP contribution in [0.4, 0.5) is 4.79 Å². The fraction of sp³-hybridized carbons (Fsp3) is 0.263. The van der Waals surface area contributed by atoms with E-state index in [1.54, 1.807) is 37.3 Å². The van der Waals surface area contributed by atoms with Crippen LogP contribution < -0.4 is 10.1 Å². The molecule has 1 unspecified atom stereocenters. The van der Waals surface area contributed by atoms with Crippen LogP contribution in [0.15, 0.2) is 30.3 Å². The third-order valence-corrected chi connectivity index (χ3v) is 3.94. The zero-order valence-electron chi connectivity index (χ0n) is 14.7. The fourth-order valence-electron chi connectivity index (χ4n) is 2.71. The predicted octanol–water partition coefficient (Wildman–Crippen LogP) is 3.37. The van der Waals surface area contributed by atoms with Gasteiger partial charge in [-0.1, -0.05) is 12.1 Å². The lowest BCUT2D eigenvalue weighted by Gasteiger charge is -2.17. The van der Waals surface area contributed by atoms with Crippen LogP contribution in [0.25, 0.3) is 0 Å². The number of phenolic OH excluding ortho intramolecular Hbond substituents is 1. The van der Waals surface area contributed by atoms with Crippen molar-refractivity contribution in [2.24, 2.45) is 0 Å². The van der Waals surface area contributed by atoms with Gasteiger partial charge >= 0.3 is 12.1 Å². The number of hydrogen-bond acceptors (Lipinski definition) is 4. The highest BCUT2D eigenvalue weighted by Crippen LogP contribution is 2.32. The number of carboxylic acid groups (broad SMARTS) is 2. The van der Waals surface area contributed by atoms with Gasteiger partial charge in [-0.3, -0.25) is 0 Å². The standard InChI is InChI=1S/C19H21NO6/c1-10-8-14(4-5-16(10)21)26-17-11(2)6-13(7-12(17)3)9-15(18(22)23)20-19(24)25/h4-8,15,20-21H,9H2,1-3H3,(H,22,23)(H,24,25). The zero-order valence-corrected chi connectivity index (χ0v) is 14.7. The number of aliphatic carboxylic acids is 1. The lowest BCUT2D eigenvalue weighted by atomic mass is 10.00. The van der Waals surface area contributed by atoms with E-state index in [2.05, 4.69) is 0 Å². The second kappa shape index (κ2) is 7.77. The summed E-state index contributed by atoms with van der Waals surface area (Å²) < 4.78 is 5.91. The zero-order chi connectivity index (χ0) is 19.4. The quantitative estimate of drug-likeness (QED) is 0.628. The maximum Gasteiger partial charge on any atom is 0.405 e. The first-order chi connectivity index (χ1) is 12.2. The van der Waals surface area contributed by atoms with E-state index in [9.17, 15) is 14.7 Å². The molecule has 138 valence electrons. The number of benzene rings is 2. The van der Waals surface area contributed by atoms with Crippen molar-refractivity contribution in [3.05, 3.63) is 52.6 Å². The Morgan fingerprint density at radius 3 is 2.15 bits per heavy atom. The van der Waals surface area contributed by atoms with Crippen molar-refractivity contribution < 1.29 is 29.6 Å². The summed E-state index contributed by atoms with van der Waals surface area (Å²) in [6, 6.07) is 7.26. The molecule has 0 bridgehead atoms. The summed E-state index contributed by atoms with van der Waals surface area (Å²) in [5, 5.41) is 29.5. The number of aromatic hydroxyl groups is 1. The molecule has 2 aromatic rings. The van der Waals surface area contributed by atoms with Crippen LogP contribution in [-0.2, 0) is 11.2 Å². The van der Waals surface area contributed by atoms with Gasteiger partial charge in [0.1, 0.15) is 23.3 Å². The molecule has 1 atom stereocenters. The summed E-state index contributed by atoms with van der Waals surface area (Å²) in [4.78, 5) is 21.9. The normalized spacial score (nSPS) is 11.7. The van der Waals surface area contributed by atoms with Crippen molar-refractivity contribution >= 4 is 12.1 Å². The Morgan fingerprint density at radius 2 is 1.65 bits per heavy atom. The molecule has 0 aliphatic carbocycles. The Hall–Kier alpha value is -3.22. The second-order valence-electron chi connectivity index (χ2n) is 6.15. The molecule has 0 aromatic heterocycles. The molecule has 7 heteroatoms. The molecule has 2 aromatic carbocycles. The van der Waals surface area contributed by atoms with Gasteiger partial charge in [0.15, 0.2) is 0 Å². The summed E-state index contributed by atoms with van der Waals surface area (Å²) in [6.07, 6.45) is -1.35. The molecule has 0 aliphatic heterocycles. The Balaban J connectivity index is 2.25. The molecule has 2 rings (SSSR count). The van der Waals surface area contributed by atoms with Gasteiger partial charge in [-0.15, -0.1) is 0 Å². The van der Waals surface area contributed by atoms with Crippen LogP contribution in [0.1, 0.15) is 22.3 Å². The van der Waals surface area contributed by atoms with Crippen LogP contribution in [-0.4, -0.2) is 33.4 Å². The molecule has 7 nitrogen and oxygen atoms in total. The van der Waals surface area contributed by atoms with Crippen LogP contribution in [0.2, 0.25) is 0 Å². The first-order valence-corrected chi connectivity index (χ1v) is 7.97. The summed E-state index contributed by atoms with van der Waals surface area (Å²) in [5.41, 5.74) is 2.98. The number of carbonyl (C=O) groups is 2. The molecule has 0 spiro atoms. The van der Waals surface area contributed by atoms with Crippen molar-refractivity contribution in [2.45, 2.75) is 33.2 Å². The molecule has 0 radical (unpaired) electrons. The van der Waals surface area contributed by atoms with E-state index in [0.717, 1.165) is 11.1 Å². The van der Waals surface area contributed by atoms with Gasteiger partial charge in [-0.25, -0.2) is 9.59 Å². The van der Waals surface area contributed by atoms with Crippen molar-refractivity contribution in [3.63, 3.8) is 0 Å². The number of rotatable bonds is 6. The van der Waals surface area contributed by atoms with Gasteiger partial charge in [0.05, 0.1) is 0 Å². The number of amides is 1. The van der Waals surface area contributed by atoms with Crippen molar-refractivity contribution in [2.75, 3.05) is 0 Å². The summed E-state index contributed by atoms with van der Waals surface area (Å²) >= 11 is 0. The van der Waals surface area contributed by atoms with Gasteiger partial charge in [0, 0.05) is 6.42 Å². The van der Waals surface area contributed by atoms with Crippen molar-refractivity contribution in [1.82, 2.24) is 5.32 Å². The van der Waals surface area contributed by atoms with Gasteiger partial charge in [-0.05, 0) is 61.2 Å². The number of nitrogens with one attached hydrogen (secondary N) is 1. The van der Waals surface area contributed by atoms with Crippen molar-refractivity contribution in [1.29, 1.82) is 0 Å². The molecule has 1 amide bonds. The lowest BCUT2D eigenvalue weighted by molar-refractivity contribution is -0.139. The van der Waals surface area contributed by atoms with Crippen LogP contribution >= 0.6 is 0 Å². The molecule has 4 N–H and O–H groups in total. The number of phenols is 1. The van der Waals surface area contributed by atoms with Crippen LogP contribution in [0.3, 0.4) is 0 Å². The highest BCUT2D eigenvalue weighted by atomic mass is 16.5. The summed E-state index contributed by atoms with van der Waals surface area (Å²) in [5.74, 6) is 0.168. The van der Waals surface area contributed by atoms with E-state index in [0.29, 0.717) is 22.6 Å². The minimum Gasteiger partial charge on any atom is -0.508 e. The largest absolute Gasteiger partial charge is 0.508 e. The molecule has 0 saturated carbocycles. The number of carboxylic acids is 1. The third-order valence-electron chi connectivity index (χ3n) is 3.94. The second-order valence-corrected chi connectivity index (χ2v) is 6.15. The van der Waals surface area contributed by atoms with E-state index in [4.69, 9.17) is 14.9 Å². The third kappa shape index (κ3) is 4.66. The van der Waals surface area contributed by atoms with Gasteiger partial charge < -0.3 is 25.4 Å². The van der Waals surface area contributed by atoms with Crippen LogP contribution in [0, 0.1) is 20.8 Å². The van der Waals surface area contributed by atoms with Gasteiger partial charge in [-0.2, -0.15) is 0 Å². The number of aryl methyl sites for hydroxylation is 3. The number of hydrogen-bond donors (Lipinski definition) is 4. The van der Waals surface area contributed by atoms with Gasteiger partial charge in [0.25, 0.3) is 0 Å². The Kier molecular flexibility index (Phi) is 5.71. The SMILES string of the molecule is Cc1cc(Oc2c(C)cc(CC(NC(=O)O)C(=O)O)cc2C)ccc1O. The maximum atomic E-state index is 11.2. The molecule has 0 heterocycles. The topological polar surface area (TPSA) is 116 Å². The first kappa shape index (κ1) is 19.1. The molecular weight excluding hydrogens is 338 g/mol. The van der Waals surface area contributed by atoms with Gasteiger partial charge in [0.2, 0.25) is 0 Å². The maximum absolute atomic E-state index is 11.2. The molecular formula is C19H21NO6. The molecule has 26 heavy (non-hydrogen) atoms. The van der Waals surface area contributed by atoms with E-state index < -0.39 is 18.1 Å². The number of ether oxygens (including phenoxy) is 1. The minimum absolute atomic E-state index is 0.0297. The molecule has 0 fully saturated rings. The monoisotopic (exact) mass is 359 g/mol. The highest BCUT2D eigenvalue weighted by Gasteiger charge is 2.21. The Bertz CT molecular complexity index is 823. The fourth-order valence-corrected chi connectivity index (χ4v) is 2.71. The first-order valence-electron chi connectivity index (χ1n) is 7.97. The molecule has 0 aliphatic rings. The average Bonchev–Trinajstić information content (AvgIpc) is 2.53. The highest BCUT2D eigenvalue weighted by molar-refractivity contribution is 5.79. The smallest absolute Gasteiger partial charge is 0.405 e. The predicted molar refractivity (Wildman–Crippen MR) is 95.1 cm³/mol. The lowest BCUT2D eigenvalue weighted by Crippen LogP contribution is -2.41. The van der Waals surface area contributed by atoms with E-state index in [1.807, 2.05) is 19.2 Å².